The van der Waals surface area contributed by atoms with Crippen molar-refractivity contribution in [1.29, 1.82) is 0 Å². The fraction of sp³-hybridized carbons (Fsp3) is 0.500. The largest absolute Gasteiger partial charge is 0.427 e. The normalized spacial score (nSPS) is 27.4. The Bertz CT molecular complexity index is 899. The maximum atomic E-state index is 11.5. The molecule has 2 aliphatic carbocycles. The lowest BCUT2D eigenvalue weighted by atomic mass is 9.52. The number of hydrogen-bond acceptors (Lipinski definition) is 3. The van der Waals surface area contributed by atoms with Gasteiger partial charge in [-0.05, 0) is 73.4 Å². The zero-order valence-electron chi connectivity index (χ0n) is 17.8. The van der Waals surface area contributed by atoms with E-state index in [4.69, 9.17) is 4.74 Å². The number of carbonyl (C=O) groups excluding carboxylic acids is 1. The van der Waals surface area contributed by atoms with E-state index >= 15 is 0 Å². The van der Waals surface area contributed by atoms with Crippen LogP contribution in [-0.2, 0) is 23.1 Å². The SMILES string of the molecule is CC(=O)Oc1ccc2c(c1)[C@@]13CCCC[C@H]1[C@H](C2)N(CCc1ccccc1)CC3.Cl. The molecule has 3 nitrogen and oxygen atoms in total. The second-order valence-electron chi connectivity index (χ2n) is 9.21. The first-order valence-corrected chi connectivity index (χ1v) is 11.3. The van der Waals surface area contributed by atoms with Gasteiger partial charge in [0.2, 0.25) is 0 Å². The lowest BCUT2D eigenvalue weighted by molar-refractivity contribution is -0.131. The minimum atomic E-state index is -0.230. The van der Waals surface area contributed by atoms with E-state index in [1.54, 1.807) is 0 Å². The predicted molar refractivity (Wildman–Crippen MR) is 122 cm³/mol. The molecule has 0 radical (unpaired) electrons. The molecule has 5 rings (SSSR count). The molecule has 1 saturated heterocycles. The topological polar surface area (TPSA) is 29.5 Å². The Morgan fingerprint density at radius 3 is 2.77 bits per heavy atom. The summed E-state index contributed by atoms with van der Waals surface area (Å²) < 4.78 is 5.45. The van der Waals surface area contributed by atoms with Crippen LogP contribution in [0.5, 0.6) is 5.75 Å². The van der Waals surface area contributed by atoms with Gasteiger partial charge in [-0.1, -0.05) is 49.2 Å². The van der Waals surface area contributed by atoms with E-state index in [-0.39, 0.29) is 23.8 Å². The number of halogens is 1. The van der Waals surface area contributed by atoms with Gasteiger partial charge in [-0.2, -0.15) is 0 Å². The van der Waals surface area contributed by atoms with E-state index in [1.807, 2.05) is 6.07 Å². The van der Waals surface area contributed by atoms with Gasteiger partial charge in [-0.3, -0.25) is 9.69 Å². The Kier molecular flexibility index (Phi) is 6.22. The van der Waals surface area contributed by atoms with Crippen LogP contribution in [-0.4, -0.2) is 30.0 Å². The van der Waals surface area contributed by atoms with Crippen LogP contribution in [0.25, 0.3) is 0 Å². The monoisotopic (exact) mass is 425 g/mol. The molecule has 0 unspecified atom stereocenters. The average Bonchev–Trinajstić information content (AvgIpc) is 2.74. The highest BCUT2D eigenvalue weighted by molar-refractivity contribution is 5.85. The molecule has 160 valence electrons. The predicted octanol–water partition coefficient (Wildman–Crippen LogP) is 5.33. The van der Waals surface area contributed by atoms with Crippen LogP contribution in [0.1, 0.15) is 55.7 Å². The van der Waals surface area contributed by atoms with Crippen molar-refractivity contribution < 1.29 is 9.53 Å². The van der Waals surface area contributed by atoms with Gasteiger partial charge in [0.1, 0.15) is 5.75 Å². The fourth-order valence-corrected chi connectivity index (χ4v) is 6.49. The maximum absolute atomic E-state index is 11.5. The molecule has 1 saturated carbocycles. The summed E-state index contributed by atoms with van der Waals surface area (Å²) in [5.74, 6) is 1.23. The van der Waals surface area contributed by atoms with Crippen LogP contribution < -0.4 is 4.74 Å². The summed E-state index contributed by atoms with van der Waals surface area (Å²) in [6.45, 7) is 3.83. The molecule has 3 atom stereocenters. The summed E-state index contributed by atoms with van der Waals surface area (Å²) in [5.41, 5.74) is 4.69. The second kappa shape index (κ2) is 8.72. The van der Waals surface area contributed by atoms with Crippen molar-refractivity contribution in [2.45, 2.75) is 63.3 Å². The molecule has 0 aromatic heterocycles. The molecule has 0 amide bonds. The summed E-state index contributed by atoms with van der Waals surface area (Å²) in [6, 6.07) is 18.0. The van der Waals surface area contributed by atoms with E-state index in [2.05, 4.69) is 47.4 Å². The molecule has 30 heavy (non-hydrogen) atoms. The number of ether oxygens (including phenoxy) is 1. The van der Waals surface area contributed by atoms with Crippen LogP contribution >= 0.6 is 12.4 Å². The number of nitrogens with zero attached hydrogens (tertiary/aromatic N) is 1. The third kappa shape index (κ3) is 3.78. The smallest absolute Gasteiger partial charge is 0.308 e. The standard InChI is InChI=1S/C26H31NO2.ClH/c1-19(28)29-22-11-10-21-17-25-23-9-5-6-13-26(23,24(21)18-22)14-16-27(25)15-12-20-7-3-2-4-8-20;/h2-4,7-8,10-11,18,23,25H,5-6,9,12-17H2,1H3;1H/t23-,25-,26+;/m0./s1. The third-order valence-electron chi connectivity index (χ3n) is 7.72. The Morgan fingerprint density at radius 1 is 1.13 bits per heavy atom. The Hall–Kier alpha value is -1.84. The number of rotatable bonds is 4. The average molecular weight is 426 g/mol. The summed E-state index contributed by atoms with van der Waals surface area (Å²) in [5, 5.41) is 0. The van der Waals surface area contributed by atoms with Crippen LogP contribution in [0.2, 0.25) is 0 Å². The van der Waals surface area contributed by atoms with Crippen LogP contribution in [0.15, 0.2) is 48.5 Å². The van der Waals surface area contributed by atoms with Crippen LogP contribution in [0.3, 0.4) is 0 Å². The van der Waals surface area contributed by atoms with Crippen molar-refractivity contribution in [3.63, 3.8) is 0 Å². The van der Waals surface area contributed by atoms with E-state index in [0.29, 0.717) is 6.04 Å². The number of benzene rings is 2. The van der Waals surface area contributed by atoms with Crippen molar-refractivity contribution in [1.82, 2.24) is 4.90 Å². The minimum absolute atomic E-state index is 0. The maximum Gasteiger partial charge on any atom is 0.308 e. The molecule has 1 aliphatic heterocycles. The number of carbonyl (C=O) groups is 1. The van der Waals surface area contributed by atoms with Gasteiger partial charge >= 0.3 is 5.97 Å². The molecule has 1 heterocycles. The van der Waals surface area contributed by atoms with Gasteiger partial charge in [0.15, 0.2) is 0 Å². The van der Waals surface area contributed by atoms with E-state index in [0.717, 1.165) is 31.1 Å². The molecule has 2 aromatic carbocycles. The lowest BCUT2D eigenvalue weighted by Gasteiger charge is -2.59. The van der Waals surface area contributed by atoms with Gasteiger partial charge < -0.3 is 4.74 Å². The minimum Gasteiger partial charge on any atom is -0.427 e. The number of hydrogen-bond donors (Lipinski definition) is 0. The van der Waals surface area contributed by atoms with Crippen molar-refractivity contribution in [3.8, 4) is 5.75 Å². The van der Waals surface area contributed by atoms with Crippen LogP contribution in [0, 0.1) is 5.92 Å². The number of fused-ring (bicyclic) bond motifs is 1. The van der Waals surface area contributed by atoms with E-state index in [9.17, 15) is 4.79 Å². The summed E-state index contributed by atoms with van der Waals surface area (Å²) in [7, 11) is 0. The van der Waals surface area contributed by atoms with Crippen molar-refractivity contribution in [2.24, 2.45) is 5.92 Å². The van der Waals surface area contributed by atoms with Crippen molar-refractivity contribution in [3.05, 3.63) is 65.2 Å². The van der Waals surface area contributed by atoms with E-state index < -0.39 is 0 Å². The first-order valence-electron chi connectivity index (χ1n) is 11.3. The molecular formula is C26H32ClNO2. The number of esters is 1. The number of piperidine rings is 1. The third-order valence-corrected chi connectivity index (χ3v) is 7.72. The lowest BCUT2D eigenvalue weighted by Crippen LogP contribution is -2.61. The fourth-order valence-electron chi connectivity index (χ4n) is 6.49. The Morgan fingerprint density at radius 2 is 1.97 bits per heavy atom. The molecule has 2 fully saturated rings. The summed E-state index contributed by atoms with van der Waals surface area (Å²) in [4.78, 5) is 14.3. The first kappa shape index (κ1) is 21.4. The molecule has 0 spiro atoms. The molecule has 4 heteroatoms. The van der Waals surface area contributed by atoms with Gasteiger partial charge in [0, 0.05) is 24.9 Å². The van der Waals surface area contributed by atoms with E-state index in [1.165, 1.54) is 62.3 Å². The van der Waals surface area contributed by atoms with Gasteiger partial charge in [-0.25, -0.2) is 0 Å². The summed E-state index contributed by atoms with van der Waals surface area (Å²) in [6.07, 6.45) is 8.81. The molecular weight excluding hydrogens is 394 g/mol. The molecule has 2 bridgehead atoms. The first-order chi connectivity index (χ1) is 14.2. The van der Waals surface area contributed by atoms with Gasteiger partial charge in [-0.15, -0.1) is 12.4 Å². The van der Waals surface area contributed by atoms with Gasteiger partial charge in [0.25, 0.3) is 0 Å². The Labute approximate surface area is 186 Å². The highest BCUT2D eigenvalue weighted by Crippen LogP contribution is 2.56. The zero-order chi connectivity index (χ0) is 19.8. The summed E-state index contributed by atoms with van der Waals surface area (Å²) >= 11 is 0. The quantitative estimate of drug-likeness (QED) is 0.489. The van der Waals surface area contributed by atoms with Gasteiger partial charge in [0.05, 0.1) is 0 Å². The molecule has 3 aliphatic rings. The molecule has 0 N–H and O–H groups in total. The zero-order valence-corrected chi connectivity index (χ0v) is 18.6. The van der Waals surface area contributed by atoms with Crippen molar-refractivity contribution in [2.75, 3.05) is 13.1 Å². The Balaban J connectivity index is 0.00000218. The van der Waals surface area contributed by atoms with Crippen molar-refractivity contribution >= 4 is 18.4 Å². The highest BCUT2D eigenvalue weighted by Gasteiger charge is 2.53. The molecule has 2 aromatic rings. The number of likely N-dealkylation sites (tertiary alicyclic amines) is 1. The van der Waals surface area contributed by atoms with Crippen LogP contribution in [0.4, 0.5) is 0 Å². The second-order valence-corrected chi connectivity index (χ2v) is 9.21. The highest BCUT2D eigenvalue weighted by atomic mass is 35.5.